The van der Waals surface area contributed by atoms with E-state index in [4.69, 9.17) is 15.2 Å². The molecular formula is C17H27NO3. The Labute approximate surface area is 127 Å². The van der Waals surface area contributed by atoms with Gasteiger partial charge in [-0.3, -0.25) is 0 Å². The van der Waals surface area contributed by atoms with Crippen molar-refractivity contribution >= 4 is 0 Å². The molecule has 1 aromatic carbocycles. The third-order valence-corrected chi connectivity index (χ3v) is 4.80. The van der Waals surface area contributed by atoms with Crippen molar-refractivity contribution in [2.24, 2.45) is 17.1 Å². The van der Waals surface area contributed by atoms with Crippen LogP contribution in [-0.4, -0.2) is 25.9 Å². The van der Waals surface area contributed by atoms with Crippen LogP contribution in [0.2, 0.25) is 0 Å². The minimum Gasteiger partial charge on any atom is -0.497 e. The van der Waals surface area contributed by atoms with Gasteiger partial charge in [0.15, 0.2) is 0 Å². The molecular weight excluding hydrogens is 266 g/mol. The molecule has 118 valence electrons. The molecule has 3 unspecified atom stereocenters. The second-order valence-corrected chi connectivity index (χ2v) is 6.32. The first-order valence-electron chi connectivity index (χ1n) is 7.66. The first-order valence-corrected chi connectivity index (χ1v) is 7.66. The standard InChI is InChI=1S/C17H27NO3/c1-12-5-4-6-17(10-12,11-18)16(19)13-7-14(20-2)9-15(8-13)21-3/h7-9,12,16,19H,4-6,10-11,18H2,1-3H3. The van der Waals surface area contributed by atoms with Crippen molar-refractivity contribution in [1.29, 1.82) is 0 Å². The van der Waals surface area contributed by atoms with Crippen LogP contribution in [0.15, 0.2) is 18.2 Å². The second-order valence-electron chi connectivity index (χ2n) is 6.32. The number of ether oxygens (including phenoxy) is 2. The molecule has 0 amide bonds. The highest BCUT2D eigenvalue weighted by Gasteiger charge is 2.41. The highest BCUT2D eigenvalue weighted by Crippen LogP contribution is 2.48. The van der Waals surface area contributed by atoms with Gasteiger partial charge in [-0.05, 0) is 36.5 Å². The van der Waals surface area contributed by atoms with Crippen molar-refractivity contribution in [2.45, 2.75) is 38.7 Å². The quantitative estimate of drug-likeness (QED) is 0.876. The summed E-state index contributed by atoms with van der Waals surface area (Å²) in [7, 11) is 3.23. The Morgan fingerprint density at radius 2 is 1.90 bits per heavy atom. The van der Waals surface area contributed by atoms with Crippen LogP contribution < -0.4 is 15.2 Å². The maximum absolute atomic E-state index is 11.0. The zero-order valence-corrected chi connectivity index (χ0v) is 13.3. The van der Waals surface area contributed by atoms with E-state index in [1.807, 2.05) is 18.2 Å². The molecule has 0 radical (unpaired) electrons. The van der Waals surface area contributed by atoms with Crippen molar-refractivity contribution < 1.29 is 14.6 Å². The van der Waals surface area contributed by atoms with E-state index in [1.54, 1.807) is 14.2 Å². The molecule has 0 aliphatic heterocycles. The van der Waals surface area contributed by atoms with Gasteiger partial charge in [-0.25, -0.2) is 0 Å². The third-order valence-electron chi connectivity index (χ3n) is 4.80. The SMILES string of the molecule is COc1cc(OC)cc(C(O)C2(CN)CCCC(C)C2)c1. The zero-order chi connectivity index (χ0) is 15.5. The minimum absolute atomic E-state index is 0.241. The van der Waals surface area contributed by atoms with Gasteiger partial charge in [0.2, 0.25) is 0 Å². The Bertz CT molecular complexity index is 455. The molecule has 1 saturated carbocycles. The monoisotopic (exact) mass is 293 g/mol. The lowest BCUT2D eigenvalue weighted by Gasteiger charge is -2.43. The molecule has 2 rings (SSSR count). The van der Waals surface area contributed by atoms with Gasteiger partial charge in [0.1, 0.15) is 11.5 Å². The second kappa shape index (κ2) is 6.67. The molecule has 21 heavy (non-hydrogen) atoms. The number of methoxy groups -OCH3 is 2. The van der Waals surface area contributed by atoms with E-state index in [9.17, 15) is 5.11 Å². The summed E-state index contributed by atoms with van der Waals surface area (Å²) in [5.41, 5.74) is 6.64. The number of benzene rings is 1. The highest BCUT2D eigenvalue weighted by molar-refractivity contribution is 5.40. The number of nitrogens with two attached hydrogens (primary N) is 1. The van der Waals surface area contributed by atoms with Gasteiger partial charge in [-0.1, -0.05) is 19.8 Å². The first kappa shape index (κ1) is 16.1. The molecule has 0 heterocycles. The van der Waals surface area contributed by atoms with Crippen LogP contribution in [-0.2, 0) is 0 Å². The molecule has 3 atom stereocenters. The number of hydrogen-bond acceptors (Lipinski definition) is 4. The Hall–Kier alpha value is -1.26. The van der Waals surface area contributed by atoms with Crippen molar-refractivity contribution in [3.05, 3.63) is 23.8 Å². The van der Waals surface area contributed by atoms with E-state index >= 15 is 0 Å². The summed E-state index contributed by atoms with van der Waals surface area (Å²) in [6.07, 6.45) is 3.68. The van der Waals surface area contributed by atoms with Crippen LogP contribution in [0.25, 0.3) is 0 Å². The molecule has 0 bridgehead atoms. The fraction of sp³-hybridized carbons (Fsp3) is 0.647. The molecule has 0 saturated heterocycles. The minimum atomic E-state index is -0.589. The molecule has 4 heteroatoms. The fourth-order valence-electron chi connectivity index (χ4n) is 3.59. The van der Waals surface area contributed by atoms with Crippen LogP contribution in [0, 0.1) is 11.3 Å². The Kier molecular flexibility index (Phi) is 5.12. The van der Waals surface area contributed by atoms with Crippen molar-refractivity contribution in [3.8, 4) is 11.5 Å². The largest absolute Gasteiger partial charge is 0.497 e. The average molecular weight is 293 g/mol. The molecule has 0 spiro atoms. The van der Waals surface area contributed by atoms with Gasteiger partial charge in [0.05, 0.1) is 20.3 Å². The van der Waals surface area contributed by atoms with Crippen molar-refractivity contribution in [1.82, 2.24) is 0 Å². The Balaban J connectivity index is 2.34. The van der Waals surface area contributed by atoms with Crippen LogP contribution in [0.3, 0.4) is 0 Å². The highest BCUT2D eigenvalue weighted by atomic mass is 16.5. The van der Waals surface area contributed by atoms with E-state index in [2.05, 4.69) is 6.92 Å². The molecule has 1 aliphatic carbocycles. The lowest BCUT2D eigenvalue weighted by atomic mass is 9.65. The third kappa shape index (κ3) is 3.33. The summed E-state index contributed by atoms with van der Waals surface area (Å²) in [6, 6.07) is 5.57. The van der Waals surface area contributed by atoms with Crippen molar-refractivity contribution in [3.63, 3.8) is 0 Å². The Morgan fingerprint density at radius 1 is 1.29 bits per heavy atom. The fourth-order valence-corrected chi connectivity index (χ4v) is 3.59. The molecule has 1 fully saturated rings. The van der Waals surface area contributed by atoms with E-state index in [1.165, 1.54) is 6.42 Å². The predicted molar refractivity (Wildman–Crippen MR) is 83.6 cm³/mol. The molecule has 1 aliphatic rings. The number of hydrogen-bond donors (Lipinski definition) is 2. The van der Waals surface area contributed by atoms with Crippen molar-refractivity contribution in [2.75, 3.05) is 20.8 Å². The number of aliphatic hydroxyl groups excluding tert-OH is 1. The lowest BCUT2D eigenvalue weighted by molar-refractivity contribution is -0.0132. The summed E-state index contributed by atoms with van der Waals surface area (Å²) in [5, 5.41) is 11.0. The summed E-state index contributed by atoms with van der Waals surface area (Å²) >= 11 is 0. The van der Waals surface area contributed by atoms with E-state index in [0.717, 1.165) is 24.8 Å². The smallest absolute Gasteiger partial charge is 0.122 e. The predicted octanol–water partition coefficient (Wildman–Crippen LogP) is 2.89. The maximum Gasteiger partial charge on any atom is 0.122 e. The summed E-state index contributed by atoms with van der Waals surface area (Å²) < 4.78 is 10.6. The van der Waals surface area contributed by atoms with Crippen LogP contribution in [0.5, 0.6) is 11.5 Å². The first-order chi connectivity index (χ1) is 10.0. The molecule has 0 aromatic heterocycles. The summed E-state index contributed by atoms with van der Waals surface area (Å²) in [5.74, 6) is 1.99. The van der Waals surface area contributed by atoms with Gasteiger partial charge >= 0.3 is 0 Å². The summed E-state index contributed by atoms with van der Waals surface area (Å²) in [6.45, 7) is 2.74. The van der Waals surface area contributed by atoms with Gasteiger partial charge in [0.25, 0.3) is 0 Å². The summed E-state index contributed by atoms with van der Waals surface area (Å²) in [4.78, 5) is 0. The van der Waals surface area contributed by atoms with E-state index in [0.29, 0.717) is 24.0 Å². The lowest BCUT2D eigenvalue weighted by Crippen LogP contribution is -2.40. The molecule has 3 N–H and O–H groups in total. The Morgan fingerprint density at radius 3 is 2.38 bits per heavy atom. The van der Waals surface area contributed by atoms with Gasteiger partial charge < -0.3 is 20.3 Å². The topological polar surface area (TPSA) is 64.7 Å². The number of aliphatic hydroxyl groups is 1. The normalized spacial score (nSPS) is 27.2. The molecule has 4 nitrogen and oxygen atoms in total. The van der Waals surface area contributed by atoms with E-state index in [-0.39, 0.29) is 5.41 Å². The van der Waals surface area contributed by atoms with Crippen LogP contribution in [0.1, 0.15) is 44.3 Å². The van der Waals surface area contributed by atoms with Gasteiger partial charge in [0, 0.05) is 18.0 Å². The zero-order valence-electron chi connectivity index (χ0n) is 13.3. The van der Waals surface area contributed by atoms with E-state index < -0.39 is 6.10 Å². The number of rotatable bonds is 5. The maximum atomic E-state index is 11.0. The average Bonchev–Trinajstić information content (AvgIpc) is 2.53. The van der Waals surface area contributed by atoms with Crippen LogP contribution >= 0.6 is 0 Å². The van der Waals surface area contributed by atoms with Gasteiger partial charge in [-0.2, -0.15) is 0 Å². The molecule has 1 aromatic rings. The van der Waals surface area contributed by atoms with Gasteiger partial charge in [-0.15, -0.1) is 0 Å². The van der Waals surface area contributed by atoms with Crippen LogP contribution in [0.4, 0.5) is 0 Å².